The summed E-state index contributed by atoms with van der Waals surface area (Å²) in [6.45, 7) is 5.69. The second-order valence-electron chi connectivity index (χ2n) is 6.86. The van der Waals surface area contributed by atoms with Crippen LogP contribution in [0.15, 0.2) is 36.7 Å². The number of hydrogen-bond donors (Lipinski definition) is 1. The van der Waals surface area contributed by atoms with Gasteiger partial charge in [-0.1, -0.05) is 18.2 Å². The largest absolute Gasteiger partial charge is 0.379 e. The number of amides is 1. The zero-order valence-electron chi connectivity index (χ0n) is 15.4. The summed E-state index contributed by atoms with van der Waals surface area (Å²) in [7, 11) is 0. The molecule has 2 aliphatic heterocycles. The van der Waals surface area contributed by atoms with Crippen molar-refractivity contribution in [1.29, 1.82) is 0 Å². The maximum Gasteiger partial charge on any atom is 0.270 e. The molecule has 4 rings (SSSR count). The van der Waals surface area contributed by atoms with E-state index in [9.17, 15) is 4.79 Å². The highest BCUT2D eigenvalue weighted by Gasteiger charge is 2.20. The molecule has 1 aromatic heterocycles. The van der Waals surface area contributed by atoms with Crippen LogP contribution in [0, 0.1) is 0 Å². The number of nitrogens with zero attached hydrogens (tertiary/aromatic N) is 4. The van der Waals surface area contributed by atoms with Crippen LogP contribution in [0.4, 0.5) is 11.5 Å². The highest BCUT2D eigenvalue weighted by molar-refractivity contribution is 5.93. The van der Waals surface area contributed by atoms with Gasteiger partial charge in [0.25, 0.3) is 5.91 Å². The highest BCUT2D eigenvalue weighted by Crippen LogP contribution is 2.32. The van der Waals surface area contributed by atoms with Gasteiger partial charge < -0.3 is 15.0 Å². The first kappa shape index (κ1) is 17.9. The molecule has 2 aliphatic rings. The molecule has 0 spiro atoms. The molecule has 1 N–H and O–H groups in total. The van der Waals surface area contributed by atoms with Crippen LogP contribution in [0.3, 0.4) is 0 Å². The van der Waals surface area contributed by atoms with E-state index in [-0.39, 0.29) is 5.91 Å². The van der Waals surface area contributed by atoms with E-state index in [0.29, 0.717) is 12.2 Å². The lowest BCUT2D eigenvalue weighted by Gasteiger charge is -2.30. The van der Waals surface area contributed by atoms with Crippen molar-refractivity contribution in [3.05, 3.63) is 47.9 Å². The fourth-order valence-electron chi connectivity index (χ4n) is 3.63. The van der Waals surface area contributed by atoms with Gasteiger partial charge in [-0.15, -0.1) is 0 Å². The molecule has 27 heavy (non-hydrogen) atoms. The molecule has 7 heteroatoms. The Morgan fingerprint density at radius 3 is 2.89 bits per heavy atom. The van der Waals surface area contributed by atoms with Crippen molar-refractivity contribution in [2.45, 2.75) is 12.8 Å². The van der Waals surface area contributed by atoms with Gasteiger partial charge >= 0.3 is 0 Å². The second kappa shape index (κ2) is 8.45. The van der Waals surface area contributed by atoms with Crippen molar-refractivity contribution in [2.24, 2.45) is 0 Å². The van der Waals surface area contributed by atoms with Crippen LogP contribution >= 0.6 is 0 Å². The van der Waals surface area contributed by atoms with E-state index in [4.69, 9.17) is 4.74 Å². The lowest BCUT2D eigenvalue weighted by atomic mass is 10.0. The summed E-state index contributed by atoms with van der Waals surface area (Å²) in [5.41, 5.74) is 2.89. The molecule has 0 unspecified atom stereocenters. The Morgan fingerprint density at radius 1 is 1.15 bits per heavy atom. The number of carbonyl (C=O) groups is 1. The van der Waals surface area contributed by atoms with Crippen LogP contribution in [-0.4, -0.2) is 66.7 Å². The number of fused-ring (bicyclic) bond motifs is 1. The van der Waals surface area contributed by atoms with Gasteiger partial charge in [0.2, 0.25) is 0 Å². The molecule has 2 aromatic rings. The zero-order valence-corrected chi connectivity index (χ0v) is 15.4. The van der Waals surface area contributed by atoms with Gasteiger partial charge in [-0.2, -0.15) is 0 Å². The van der Waals surface area contributed by atoms with Crippen molar-refractivity contribution in [3.8, 4) is 0 Å². The average molecular weight is 367 g/mol. The molecular weight excluding hydrogens is 342 g/mol. The van der Waals surface area contributed by atoms with E-state index in [2.05, 4.69) is 43.3 Å². The molecule has 1 saturated heterocycles. The molecule has 7 nitrogen and oxygen atoms in total. The number of para-hydroxylation sites is 1. The van der Waals surface area contributed by atoms with Crippen LogP contribution < -0.4 is 10.2 Å². The van der Waals surface area contributed by atoms with Gasteiger partial charge in [0.1, 0.15) is 17.8 Å². The van der Waals surface area contributed by atoms with Crippen molar-refractivity contribution < 1.29 is 9.53 Å². The van der Waals surface area contributed by atoms with Crippen molar-refractivity contribution in [2.75, 3.05) is 50.8 Å². The third-order valence-electron chi connectivity index (χ3n) is 5.09. The maximum atomic E-state index is 12.5. The number of aryl methyl sites for hydroxylation is 1. The van der Waals surface area contributed by atoms with Gasteiger partial charge in [-0.25, -0.2) is 9.97 Å². The number of aromatic nitrogens is 2. The Labute approximate surface area is 159 Å². The molecule has 0 saturated carbocycles. The Bertz CT molecular complexity index is 791. The van der Waals surface area contributed by atoms with Crippen LogP contribution in [0.5, 0.6) is 0 Å². The Morgan fingerprint density at radius 2 is 2.00 bits per heavy atom. The molecule has 0 aliphatic carbocycles. The van der Waals surface area contributed by atoms with Crippen LogP contribution in [0.1, 0.15) is 22.5 Å². The first-order chi connectivity index (χ1) is 13.3. The molecule has 1 fully saturated rings. The number of hydrogen-bond acceptors (Lipinski definition) is 6. The molecule has 1 amide bonds. The summed E-state index contributed by atoms with van der Waals surface area (Å²) in [4.78, 5) is 25.5. The molecule has 0 radical (unpaired) electrons. The fourth-order valence-corrected chi connectivity index (χ4v) is 3.63. The molecular formula is C20H25N5O2. The van der Waals surface area contributed by atoms with Crippen molar-refractivity contribution >= 4 is 17.4 Å². The third kappa shape index (κ3) is 4.26. The number of anilines is 2. The quantitative estimate of drug-likeness (QED) is 0.866. The van der Waals surface area contributed by atoms with E-state index >= 15 is 0 Å². The maximum absolute atomic E-state index is 12.5. The van der Waals surface area contributed by atoms with Gasteiger partial charge in [-0.05, 0) is 24.5 Å². The van der Waals surface area contributed by atoms with E-state index < -0.39 is 0 Å². The first-order valence-electron chi connectivity index (χ1n) is 9.57. The van der Waals surface area contributed by atoms with E-state index in [1.807, 2.05) is 6.07 Å². The summed E-state index contributed by atoms with van der Waals surface area (Å²) >= 11 is 0. The topological polar surface area (TPSA) is 70.6 Å². The summed E-state index contributed by atoms with van der Waals surface area (Å²) in [6, 6.07) is 10.2. The number of benzene rings is 1. The minimum atomic E-state index is -0.155. The number of rotatable bonds is 5. The first-order valence-corrected chi connectivity index (χ1v) is 9.57. The molecule has 142 valence electrons. The van der Waals surface area contributed by atoms with Gasteiger partial charge in [0.15, 0.2) is 0 Å². The third-order valence-corrected chi connectivity index (χ3v) is 5.09. The summed E-state index contributed by atoms with van der Waals surface area (Å²) in [6.07, 6.45) is 3.62. The number of carbonyl (C=O) groups excluding carboxylic acids is 1. The predicted molar refractivity (Wildman–Crippen MR) is 103 cm³/mol. The van der Waals surface area contributed by atoms with Crippen LogP contribution in [0.25, 0.3) is 0 Å². The monoisotopic (exact) mass is 367 g/mol. The Kier molecular flexibility index (Phi) is 5.60. The normalized spacial score (nSPS) is 17.4. The number of ether oxygens (including phenoxy) is 1. The van der Waals surface area contributed by atoms with Gasteiger partial charge in [0.05, 0.1) is 13.2 Å². The lowest BCUT2D eigenvalue weighted by molar-refractivity contribution is 0.0383. The summed E-state index contributed by atoms with van der Waals surface area (Å²) in [5.74, 6) is 0.618. The van der Waals surface area contributed by atoms with Crippen LogP contribution in [-0.2, 0) is 11.2 Å². The average Bonchev–Trinajstić information content (AvgIpc) is 2.74. The predicted octanol–water partition coefficient (Wildman–Crippen LogP) is 1.62. The smallest absolute Gasteiger partial charge is 0.270 e. The minimum absolute atomic E-state index is 0.155. The number of nitrogens with one attached hydrogen (secondary N) is 1. The van der Waals surface area contributed by atoms with Crippen LogP contribution in [0.2, 0.25) is 0 Å². The van der Waals surface area contributed by atoms with Crippen molar-refractivity contribution in [1.82, 2.24) is 20.2 Å². The van der Waals surface area contributed by atoms with E-state index in [0.717, 1.165) is 58.1 Å². The molecule has 1 aromatic carbocycles. The van der Waals surface area contributed by atoms with Crippen molar-refractivity contribution in [3.63, 3.8) is 0 Å². The second-order valence-corrected chi connectivity index (χ2v) is 6.86. The molecule has 0 atom stereocenters. The standard InChI is InChI=1S/C20H25N5O2/c26-20(21-7-9-24-10-12-27-13-11-24)17-14-19(23-15-22-17)25-8-3-5-16-4-1-2-6-18(16)25/h1-2,4,6,14-15H,3,5,7-13H2,(H,21,26). The summed E-state index contributed by atoms with van der Waals surface area (Å²) < 4.78 is 5.34. The highest BCUT2D eigenvalue weighted by atomic mass is 16.5. The van der Waals surface area contributed by atoms with Gasteiger partial charge in [0, 0.05) is 44.5 Å². The Balaban J connectivity index is 1.41. The van der Waals surface area contributed by atoms with E-state index in [1.54, 1.807) is 6.07 Å². The Hall–Kier alpha value is -2.51. The SMILES string of the molecule is O=C(NCCN1CCOCC1)c1cc(N2CCCc3ccccc32)ncn1. The van der Waals surface area contributed by atoms with E-state index in [1.165, 1.54) is 17.6 Å². The summed E-state index contributed by atoms with van der Waals surface area (Å²) in [5, 5.41) is 2.97. The fraction of sp³-hybridized carbons (Fsp3) is 0.450. The molecule has 0 bridgehead atoms. The minimum Gasteiger partial charge on any atom is -0.379 e. The number of morpholine rings is 1. The van der Waals surface area contributed by atoms with Gasteiger partial charge in [-0.3, -0.25) is 9.69 Å². The lowest BCUT2D eigenvalue weighted by Crippen LogP contribution is -2.41. The molecule has 3 heterocycles. The zero-order chi connectivity index (χ0) is 18.5.